The molecule has 0 bridgehead atoms. The second kappa shape index (κ2) is 6.54. The van der Waals surface area contributed by atoms with Gasteiger partial charge in [-0.05, 0) is 30.4 Å². The van der Waals surface area contributed by atoms with Gasteiger partial charge in [0.1, 0.15) is 9.97 Å². The maximum atomic E-state index is 12.1. The van der Waals surface area contributed by atoms with Crippen LogP contribution >= 0.6 is 11.3 Å². The number of sulfone groups is 1. The third kappa shape index (κ3) is 3.43. The van der Waals surface area contributed by atoms with Gasteiger partial charge < -0.3 is 14.8 Å². The first-order chi connectivity index (χ1) is 10.6. The Morgan fingerprint density at radius 2 is 2.32 bits per heavy atom. The highest BCUT2D eigenvalue weighted by Crippen LogP contribution is 2.30. The van der Waals surface area contributed by atoms with E-state index in [-0.39, 0.29) is 18.3 Å². The summed E-state index contributed by atoms with van der Waals surface area (Å²) in [5.74, 6) is 0.732. The van der Waals surface area contributed by atoms with E-state index in [9.17, 15) is 13.5 Å². The zero-order chi connectivity index (χ0) is 15.6. The molecule has 1 aliphatic rings. The van der Waals surface area contributed by atoms with Crippen LogP contribution in [0, 0.1) is 0 Å². The monoisotopic (exact) mass is 341 g/mol. The minimum absolute atomic E-state index is 0.126. The van der Waals surface area contributed by atoms with Crippen molar-refractivity contribution in [1.82, 2.24) is 5.32 Å². The van der Waals surface area contributed by atoms with Crippen LogP contribution < -0.4 is 5.32 Å². The molecule has 0 aliphatic heterocycles. The summed E-state index contributed by atoms with van der Waals surface area (Å²) in [5, 5.41) is 15.0. The molecule has 0 amide bonds. The van der Waals surface area contributed by atoms with E-state index < -0.39 is 15.9 Å². The van der Waals surface area contributed by atoms with E-state index in [0.29, 0.717) is 4.21 Å². The zero-order valence-electron chi connectivity index (χ0n) is 12.1. The Balaban J connectivity index is 1.57. The predicted molar refractivity (Wildman–Crippen MR) is 84.8 cm³/mol. The summed E-state index contributed by atoms with van der Waals surface area (Å²) in [4.78, 5) is 0. The van der Waals surface area contributed by atoms with Gasteiger partial charge in [-0.25, -0.2) is 8.42 Å². The molecule has 0 saturated heterocycles. The summed E-state index contributed by atoms with van der Waals surface area (Å²) in [5.41, 5.74) is 1.12. The summed E-state index contributed by atoms with van der Waals surface area (Å²) in [6.07, 6.45) is 3.70. The molecular weight excluding hydrogens is 322 g/mol. The van der Waals surface area contributed by atoms with Gasteiger partial charge in [-0.15, -0.1) is 11.3 Å². The van der Waals surface area contributed by atoms with Gasteiger partial charge in [-0.1, -0.05) is 6.07 Å². The van der Waals surface area contributed by atoms with Crippen molar-refractivity contribution in [2.75, 3.05) is 12.3 Å². The molecule has 2 heterocycles. The third-order valence-electron chi connectivity index (χ3n) is 3.87. The average Bonchev–Trinajstić information content (AvgIpc) is 3.15. The van der Waals surface area contributed by atoms with Crippen LogP contribution in [-0.4, -0.2) is 31.9 Å². The summed E-state index contributed by atoms with van der Waals surface area (Å²) in [6.45, 7) is 0.250. The Hall–Kier alpha value is -1.15. The first-order valence-electron chi connectivity index (χ1n) is 7.30. The van der Waals surface area contributed by atoms with Crippen LogP contribution in [0.1, 0.15) is 30.2 Å². The molecule has 2 aromatic heterocycles. The van der Waals surface area contributed by atoms with E-state index >= 15 is 0 Å². The minimum atomic E-state index is -3.41. The fraction of sp³-hybridized carbons (Fsp3) is 0.467. The van der Waals surface area contributed by atoms with E-state index in [4.69, 9.17) is 4.42 Å². The Labute approximate surface area is 133 Å². The largest absolute Gasteiger partial charge is 0.469 e. The van der Waals surface area contributed by atoms with Crippen molar-refractivity contribution < 1.29 is 17.9 Å². The second-order valence-electron chi connectivity index (χ2n) is 5.52. The van der Waals surface area contributed by atoms with E-state index in [1.165, 1.54) is 11.3 Å². The quantitative estimate of drug-likeness (QED) is 0.841. The summed E-state index contributed by atoms with van der Waals surface area (Å²) >= 11 is 1.18. The van der Waals surface area contributed by atoms with Gasteiger partial charge in [-0.3, -0.25) is 0 Å². The van der Waals surface area contributed by atoms with E-state index in [0.717, 1.165) is 30.6 Å². The maximum absolute atomic E-state index is 12.1. The lowest BCUT2D eigenvalue weighted by Gasteiger charge is -2.24. The minimum Gasteiger partial charge on any atom is -0.469 e. The molecule has 1 aliphatic carbocycles. The number of aryl methyl sites for hydroxylation is 1. The Morgan fingerprint density at radius 3 is 3.09 bits per heavy atom. The van der Waals surface area contributed by atoms with Crippen LogP contribution in [-0.2, 0) is 16.3 Å². The van der Waals surface area contributed by atoms with Crippen molar-refractivity contribution in [3.63, 3.8) is 0 Å². The number of rotatable bonds is 6. The molecule has 0 radical (unpaired) electrons. The van der Waals surface area contributed by atoms with Crippen LogP contribution in [0.5, 0.6) is 0 Å². The second-order valence-corrected chi connectivity index (χ2v) is 8.73. The lowest BCUT2D eigenvalue weighted by atomic mass is 9.93. The number of hydrogen-bond donors (Lipinski definition) is 2. The highest BCUT2D eigenvalue weighted by Gasteiger charge is 2.25. The molecule has 7 heteroatoms. The molecule has 5 nitrogen and oxygen atoms in total. The van der Waals surface area contributed by atoms with E-state index in [2.05, 4.69) is 5.32 Å². The molecule has 0 unspecified atom stereocenters. The van der Waals surface area contributed by atoms with Crippen molar-refractivity contribution in [1.29, 1.82) is 0 Å². The number of thiophene rings is 1. The first-order valence-corrected chi connectivity index (χ1v) is 9.83. The maximum Gasteiger partial charge on any atom is 0.190 e. The zero-order valence-corrected chi connectivity index (χ0v) is 13.7. The van der Waals surface area contributed by atoms with Crippen molar-refractivity contribution >= 4 is 21.2 Å². The lowest BCUT2D eigenvalue weighted by molar-refractivity contribution is 0.186. The topological polar surface area (TPSA) is 79.5 Å². The van der Waals surface area contributed by atoms with Crippen LogP contribution in [0.25, 0.3) is 0 Å². The van der Waals surface area contributed by atoms with Crippen molar-refractivity contribution in [2.45, 2.75) is 35.6 Å². The van der Waals surface area contributed by atoms with Crippen LogP contribution in [0.4, 0.5) is 0 Å². The SMILES string of the molecule is O=S(=O)(C[C@@H](O)CN[C@H]1CCCc2occc21)c1cccs1. The molecule has 0 fully saturated rings. The number of aliphatic hydroxyl groups is 1. The Kier molecular flexibility index (Phi) is 4.67. The van der Waals surface area contributed by atoms with Gasteiger partial charge in [0, 0.05) is 24.6 Å². The van der Waals surface area contributed by atoms with E-state index in [1.54, 1.807) is 23.8 Å². The molecule has 22 heavy (non-hydrogen) atoms. The van der Waals surface area contributed by atoms with Gasteiger partial charge in [0.15, 0.2) is 9.84 Å². The van der Waals surface area contributed by atoms with Gasteiger partial charge in [0.2, 0.25) is 0 Å². The number of nitrogens with one attached hydrogen (secondary N) is 1. The summed E-state index contributed by atoms with van der Waals surface area (Å²) in [6, 6.07) is 5.34. The lowest BCUT2D eigenvalue weighted by Crippen LogP contribution is -2.35. The fourth-order valence-electron chi connectivity index (χ4n) is 2.81. The number of hydrogen-bond acceptors (Lipinski definition) is 6. The van der Waals surface area contributed by atoms with Crippen molar-refractivity contribution in [3.05, 3.63) is 41.2 Å². The molecule has 0 saturated carbocycles. The molecule has 2 aromatic rings. The molecule has 0 spiro atoms. The Morgan fingerprint density at radius 1 is 1.45 bits per heavy atom. The molecule has 0 aromatic carbocycles. The van der Waals surface area contributed by atoms with Gasteiger partial charge >= 0.3 is 0 Å². The van der Waals surface area contributed by atoms with Crippen molar-refractivity contribution in [2.24, 2.45) is 0 Å². The highest BCUT2D eigenvalue weighted by atomic mass is 32.2. The Bertz CT molecular complexity index is 706. The van der Waals surface area contributed by atoms with Gasteiger partial charge in [0.25, 0.3) is 0 Å². The fourth-order valence-corrected chi connectivity index (χ4v) is 5.29. The predicted octanol–water partition coefficient (Wildman–Crippen LogP) is 2.14. The summed E-state index contributed by atoms with van der Waals surface area (Å²) in [7, 11) is -3.41. The normalized spacial score (nSPS) is 19.8. The standard InChI is InChI=1S/C15H19NO4S2/c17-11(10-22(18,19)15-5-2-8-21-15)9-16-13-3-1-4-14-12(13)6-7-20-14/h2,5-8,11,13,16-17H,1,3-4,9-10H2/t11-,13-/m0/s1. The molecule has 2 N–H and O–H groups in total. The first kappa shape index (κ1) is 15.7. The molecular formula is C15H19NO4S2. The molecule has 120 valence electrons. The third-order valence-corrected chi connectivity index (χ3v) is 7.15. The van der Waals surface area contributed by atoms with Crippen LogP contribution in [0.15, 0.2) is 38.5 Å². The smallest absolute Gasteiger partial charge is 0.190 e. The van der Waals surface area contributed by atoms with Crippen molar-refractivity contribution in [3.8, 4) is 0 Å². The van der Waals surface area contributed by atoms with Crippen LogP contribution in [0.2, 0.25) is 0 Å². The molecule has 2 atom stereocenters. The van der Waals surface area contributed by atoms with E-state index in [1.807, 2.05) is 6.07 Å². The van der Waals surface area contributed by atoms with Gasteiger partial charge in [-0.2, -0.15) is 0 Å². The van der Waals surface area contributed by atoms with Crippen LogP contribution in [0.3, 0.4) is 0 Å². The number of furan rings is 1. The molecule has 3 rings (SSSR count). The van der Waals surface area contributed by atoms with Gasteiger partial charge in [0.05, 0.1) is 18.1 Å². The number of fused-ring (bicyclic) bond motifs is 1. The number of aliphatic hydroxyl groups excluding tert-OH is 1. The summed E-state index contributed by atoms with van der Waals surface area (Å²) < 4.78 is 30.0. The average molecular weight is 341 g/mol. The highest BCUT2D eigenvalue weighted by molar-refractivity contribution is 7.93.